The molecule has 218 valence electrons. The van der Waals surface area contributed by atoms with Crippen molar-refractivity contribution in [1.82, 2.24) is 9.80 Å². The van der Waals surface area contributed by atoms with Gasteiger partial charge in [0.1, 0.15) is 6.10 Å². The molecule has 1 saturated heterocycles. The molecule has 0 unspecified atom stereocenters. The van der Waals surface area contributed by atoms with Crippen molar-refractivity contribution in [2.45, 2.75) is 51.0 Å². The number of nitrogens with one attached hydrogen (secondary N) is 1. The van der Waals surface area contributed by atoms with E-state index >= 15 is 0 Å². The maximum atomic E-state index is 13.5. The third-order valence-corrected chi connectivity index (χ3v) is 7.57. The minimum absolute atomic E-state index is 0.0760. The van der Waals surface area contributed by atoms with Crippen LogP contribution >= 0.6 is 0 Å². The molecule has 8 heteroatoms. The fourth-order valence-corrected chi connectivity index (χ4v) is 5.18. The Hall–Kier alpha value is -3.91. The van der Waals surface area contributed by atoms with Crippen molar-refractivity contribution in [1.29, 1.82) is 0 Å². The first-order valence-corrected chi connectivity index (χ1v) is 14.5. The summed E-state index contributed by atoms with van der Waals surface area (Å²) >= 11 is 0. The van der Waals surface area contributed by atoms with Crippen molar-refractivity contribution >= 4 is 17.7 Å². The zero-order valence-electron chi connectivity index (χ0n) is 23.7. The minimum atomic E-state index is -0.785. The van der Waals surface area contributed by atoms with Crippen LogP contribution in [0.1, 0.15) is 55.3 Å². The molecule has 2 amide bonds. The molecule has 41 heavy (non-hydrogen) atoms. The van der Waals surface area contributed by atoms with E-state index in [0.717, 1.165) is 87.5 Å². The highest BCUT2D eigenvalue weighted by Crippen LogP contribution is 2.28. The van der Waals surface area contributed by atoms with E-state index in [1.54, 1.807) is 11.9 Å². The van der Waals surface area contributed by atoms with Crippen LogP contribution in [0, 0.1) is 5.82 Å². The lowest BCUT2D eigenvalue weighted by molar-refractivity contribution is 0.0584. The Labute approximate surface area is 241 Å². The zero-order chi connectivity index (χ0) is 29.0. The van der Waals surface area contributed by atoms with Gasteiger partial charge in [-0.15, -0.1) is 0 Å². The highest BCUT2D eigenvalue weighted by molar-refractivity contribution is 5.94. The monoisotopic (exact) mass is 561 g/mol. The topological polar surface area (TPSA) is 82.1 Å². The summed E-state index contributed by atoms with van der Waals surface area (Å²) in [6, 6.07) is 21.4. The van der Waals surface area contributed by atoms with E-state index in [4.69, 9.17) is 4.74 Å². The van der Waals surface area contributed by atoms with E-state index in [0.29, 0.717) is 6.54 Å². The predicted molar refractivity (Wildman–Crippen MR) is 160 cm³/mol. The molecule has 1 fully saturated rings. The summed E-state index contributed by atoms with van der Waals surface area (Å²) in [5.74, 6) is -1.48. The molecule has 7 nitrogen and oxygen atoms in total. The second-order valence-corrected chi connectivity index (χ2v) is 10.6. The summed E-state index contributed by atoms with van der Waals surface area (Å²) < 4.78 is 19.3. The van der Waals surface area contributed by atoms with E-state index in [9.17, 15) is 19.1 Å². The molecule has 0 spiro atoms. The number of aromatic hydroxyl groups is 1. The molecule has 1 aliphatic rings. The smallest absolute Gasteiger partial charge is 0.411 e. The van der Waals surface area contributed by atoms with Gasteiger partial charge in [0.25, 0.3) is 5.91 Å². The molecule has 0 bridgehead atoms. The molecule has 2 N–H and O–H groups in total. The summed E-state index contributed by atoms with van der Waals surface area (Å²) in [6.45, 7) is 3.49. The lowest BCUT2D eigenvalue weighted by Gasteiger charge is -2.31. The number of anilines is 1. The Morgan fingerprint density at radius 2 is 1.63 bits per heavy atom. The molecule has 1 aliphatic heterocycles. The summed E-state index contributed by atoms with van der Waals surface area (Å²) in [6.07, 6.45) is 6.44. The summed E-state index contributed by atoms with van der Waals surface area (Å²) in [5.41, 5.74) is 2.99. The number of nitrogens with zero attached hydrogens (tertiary/aromatic N) is 2. The molecular weight excluding hydrogens is 521 g/mol. The summed E-state index contributed by atoms with van der Waals surface area (Å²) in [5, 5.41) is 12.2. The number of piperidine rings is 1. The van der Waals surface area contributed by atoms with Crippen LogP contribution in [0.2, 0.25) is 0 Å². The minimum Gasteiger partial charge on any atom is -0.505 e. The summed E-state index contributed by atoms with van der Waals surface area (Å²) in [7, 11) is 1.72. The van der Waals surface area contributed by atoms with Crippen LogP contribution in [0.3, 0.4) is 0 Å². The number of carbonyl (C=O) groups excluding carboxylic acids is 2. The fourth-order valence-electron chi connectivity index (χ4n) is 5.18. The van der Waals surface area contributed by atoms with Crippen LogP contribution in [0.15, 0.2) is 72.8 Å². The van der Waals surface area contributed by atoms with Gasteiger partial charge >= 0.3 is 6.09 Å². The number of unbranched alkanes of at least 4 members (excludes halogenated alkanes) is 4. The quantitative estimate of drug-likeness (QED) is 0.234. The van der Waals surface area contributed by atoms with Gasteiger partial charge in [0.2, 0.25) is 0 Å². The number of ether oxygens (including phenoxy) is 1. The predicted octanol–water partition coefficient (Wildman–Crippen LogP) is 6.93. The van der Waals surface area contributed by atoms with E-state index in [2.05, 4.69) is 10.2 Å². The van der Waals surface area contributed by atoms with Gasteiger partial charge in [-0.2, -0.15) is 0 Å². The van der Waals surface area contributed by atoms with Gasteiger partial charge in [0, 0.05) is 37.8 Å². The molecule has 3 aromatic rings. The van der Waals surface area contributed by atoms with Crippen LogP contribution < -0.4 is 5.32 Å². The average Bonchev–Trinajstić information content (AvgIpc) is 2.99. The zero-order valence-corrected chi connectivity index (χ0v) is 23.7. The Kier molecular flexibility index (Phi) is 11.1. The third kappa shape index (κ3) is 9.05. The maximum Gasteiger partial charge on any atom is 0.411 e. The Bertz CT molecular complexity index is 1280. The molecule has 1 heterocycles. The normalized spacial score (nSPS) is 14.0. The van der Waals surface area contributed by atoms with Crippen molar-refractivity contribution in [3.05, 3.63) is 84.2 Å². The van der Waals surface area contributed by atoms with Crippen molar-refractivity contribution in [2.24, 2.45) is 0 Å². The Morgan fingerprint density at radius 1 is 0.951 bits per heavy atom. The lowest BCUT2D eigenvalue weighted by atomic mass is 10.0. The van der Waals surface area contributed by atoms with Crippen LogP contribution in [0.4, 0.5) is 14.9 Å². The molecule has 4 rings (SSSR count). The first-order valence-electron chi connectivity index (χ1n) is 14.5. The van der Waals surface area contributed by atoms with Crippen molar-refractivity contribution in [2.75, 3.05) is 38.5 Å². The van der Waals surface area contributed by atoms with Crippen molar-refractivity contribution in [3.63, 3.8) is 0 Å². The Balaban J connectivity index is 1.06. The molecule has 0 atom stereocenters. The van der Waals surface area contributed by atoms with E-state index < -0.39 is 17.7 Å². The van der Waals surface area contributed by atoms with Crippen molar-refractivity contribution < 1.29 is 23.8 Å². The largest absolute Gasteiger partial charge is 0.505 e. The van der Waals surface area contributed by atoms with Crippen molar-refractivity contribution in [3.8, 4) is 16.9 Å². The van der Waals surface area contributed by atoms with Gasteiger partial charge in [-0.3, -0.25) is 10.1 Å². The van der Waals surface area contributed by atoms with Gasteiger partial charge in [-0.25, -0.2) is 9.18 Å². The lowest BCUT2D eigenvalue weighted by Crippen LogP contribution is -2.38. The van der Waals surface area contributed by atoms with Gasteiger partial charge in [0.15, 0.2) is 11.6 Å². The number of rotatable bonds is 12. The number of likely N-dealkylation sites (tertiary alicyclic amines) is 1. The molecule has 3 aromatic carbocycles. The molecule has 0 aliphatic carbocycles. The first-order chi connectivity index (χ1) is 19.9. The number of phenolic OH excluding ortho intramolecular Hbond substituents is 1. The molecular formula is C33H40FN3O4. The maximum absolute atomic E-state index is 13.5. The first kappa shape index (κ1) is 30.1. The second kappa shape index (κ2) is 15.2. The van der Waals surface area contributed by atoms with E-state index in [1.165, 1.54) is 12.1 Å². The standard InChI is InChI=1S/C33H40FN3O4/c1-36(32(39)26-16-17-31(38)29(34)24-26)20-10-3-2-4-11-21-37-22-18-27(19-23-37)41-33(40)35-30-15-9-8-14-28(30)25-12-6-5-7-13-25/h5-9,12-17,24,27,38H,2-4,10-11,18-23H2,1H3,(H,35,40). The average molecular weight is 562 g/mol. The highest BCUT2D eigenvalue weighted by Gasteiger charge is 2.22. The number of benzene rings is 3. The summed E-state index contributed by atoms with van der Waals surface area (Å²) in [4.78, 5) is 29.1. The number of hydrogen-bond donors (Lipinski definition) is 2. The van der Waals surface area contributed by atoms with Crippen LogP contribution in [-0.2, 0) is 4.74 Å². The second-order valence-electron chi connectivity index (χ2n) is 10.6. The molecule has 0 aromatic heterocycles. The number of carbonyl (C=O) groups is 2. The van der Waals surface area contributed by atoms with Gasteiger partial charge in [-0.05, 0) is 62.1 Å². The number of phenols is 1. The number of halogens is 1. The number of hydrogen-bond acceptors (Lipinski definition) is 5. The van der Waals surface area contributed by atoms with Crippen LogP contribution in [0.5, 0.6) is 5.75 Å². The van der Waals surface area contributed by atoms with Gasteiger partial charge in [0.05, 0.1) is 5.69 Å². The highest BCUT2D eigenvalue weighted by atomic mass is 19.1. The third-order valence-electron chi connectivity index (χ3n) is 7.57. The van der Waals surface area contributed by atoms with Crippen LogP contribution in [0.25, 0.3) is 11.1 Å². The SMILES string of the molecule is CN(CCCCCCCN1CCC(OC(=O)Nc2ccccc2-c2ccccc2)CC1)C(=O)c1ccc(O)c(F)c1. The van der Waals surface area contributed by atoms with Gasteiger partial charge in [-0.1, -0.05) is 67.8 Å². The van der Waals surface area contributed by atoms with E-state index in [1.807, 2.05) is 54.6 Å². The number of amides is 2. The molecule has 0 saturated carbocycles. The molecule has 0 radical (unpaired) electrons. The van der Waals surface area contributed by atoms with Crippen LogP contribution in [-0.4, -0.2) is 66.2 Å². The van der Waals surface area contributed by atoms with E-state index in [-0.39, 0.29) is 17.6 Å². The Morgan fingerprint density at radius 3 is 2.39 bits per heavy atom. The fraction of sp³-hybridized carbons (Fsp3) is 0.394. The van der Waals surface area contributed by atoms with Gasteiger partial charge < -0.3 is 19.6 Å². The number of para-hydroxylation sites is 1.